The van der Waals surface area contributed by atoms with Crippen LogP contribution in [-0.4, -0.2) is 20.6 Å². The van der Waals surface area contributed by atoms with Crippen LogP contribution in [0.1, 0.15) is 11.1 Å². The number of sulfonamides is 1. The van der Waals surface area contributed by atoms with E-state index in [1.165, 1.54) is 23.3 Å². The van der Waals surface area contributed by atoms with E-state index >= 15 is 0 Å². The van der Waals surface area contributed by atoms with Crippen molar-refractivity contribution in [2.75, 3.05) is 22.5 Å². The molecule has 3 N–H and O–H groups in total. The van der Waals surface area contributed by atoms with Gasteiger partial charge in [0.2, 0.25) is 0 Å². The van der Waals surface area contributed by atoms with Gasteiger partial charge < -0.3 is 15.4 Å². The highest BCUT2D eigenvalue weighted by atomic mass is 32.2. The summed E-state index contributed by atoms with van der Waals surface area (Å²) in [5.41, 5.74) is 4.40. The first kappa shape index (κ1) is 21.6. The van der Waals surface area contributed by atoms with E-state index in [0.717, 1.165) is 5.69 Å². The second-order valence-electron chi connectivity index (χ2n) is 6.74. The van der Waals surface area contributed by atoms with E-state index in [1.807, 2.05) is 25.1 Å². The molecular weight excluding hydrogens is 418 g/mol. The SMILES string of the molecule is COc1ccc(NS(=O)(=O)c2ccc(NC(=S)Nc3ccc(C)c(C)c3)cc2)cc1. The molecule has 0 fully saturated rings. The van der Waals surface area contributed by atoms with E-state index in [1.54, 1.807) is 43.5 Å². The molecule has 0 bridgehead atoms. The molecule has 3 aromatic rings. The number of thiocarbonyl (C=S) groups is 1. The zero-order chi connectivity index (χ0) is 21.7. The van der Waals surface area contributed by atoms with Crippen LogP contribution in [0, 0.1) is 13.8 Å². The Morgan fingerprint density at radius 1 is 0.800 bits per heavy atom. The Morgan fingerprint density at radius 2 is 1.37 bits per heavy atom. The van der Waals surface area contributed by atoms with Crippen LogP contribution >= 0.6 is 12.2 Å². The molecule has 0 amide bonds. The predicted molar refractivity (Wildman–Crippen MR) is 126 cm³/mol. The van der Waals surface area contributed by atoms with Crippen LogP contribution in [0.15, 0.2) is 71.6 Å². The van der Waals surface area contributed by atoms with Gasteiger partial charge >= 0.3 is 0 Å². The maximum atomic E-state index is 12.6. The molecule has 8 heteroatoms. The Bertz CT molecular complexity index is 1140. The monoisotopic (exact) mass is 441 g/mol. The van der Waals surface area contributed by atoms with Crippen molar-refractivity contribution in [3.63, 3.8) is 0 Å². The molecule has 30 heavy (non-hydrogen) atoms. The lowest BCUT2D eigenvalue weighted by molar-refractivity contribution is 0.415. The second-order valence-corrected chi connectivity index (χ2v) is 8.83. The highest BCUT2D eigenvalue weighted by molar-refractivity contribution is 7.92. The van der Waals surface area contributed by atoms with Gasteiger partial charge in [-0.15, -0.1) is 0 Å². The van der Waals surface area contributed by atoms with Crippen molar-refractivity contribution < 1.29 is 13.2 Å². The summed E-state index contributed by atoms with van der Waals surface area (Å²) in [6.45, 7) is 4.09. The highest BCUT2D eigenvalue weighted by Crippen LogP contribution is 2.21. The van der Waals surface area contributed by atoms with Crippen molar-refractivity contribution in [2.45, 2.75) is 18.7 Å². The lowest BCUT2D eigenvalue weighted by Crippen LogP contribution is -2.19. The van der Waals surface area contributed by atoms with E-state index in [2.05, 4.69) is 22.3 Å². The molecule has 0 aliphatic heterocycles. The van der Waals surface area contributed by atoms with Crippen molar-refractivity contribution in [3.05, 3.63) is 77.9 Å². The molecule has 3 rings (SSSR count). The Labute approximate surface area is 182 Å². The highest BCUT2D eigenvalue weighted by Gasteiger charge is 2.14. The van der Waals surface area contributed by atoms with Crippen LogP contribution in [0.5, 0.6) is 5.75 Å². The molecule has 0 spiro atoms. The number of benzene rings is 3. The summed E-state index contributed by atoms with van der Waals surface area (Å²) in [6, 6.07) is 19.0. The molecular formula is C22H23N3O3S2. The topological polar surface area (TPSA) is 79.5 Å². The molecule has 0 atom stereocenters. The molecule has 0 radical (unpaired) electrons. The van der Waals surface area contributed by atoms with Gasteiger partial charge in [0.1, 0.15) is 5.75 Å². The third-order valence-corrected chi connectivity index (χ3v) is 6.13. The number of methoxy groups -OCH3 is 1. The largest absolute Gasteiger partial charge is 0.497 e. The normalized spacial score (nSPS) is 10.9. The molecule has 0 saturated heterocycles. The molecule has 0 heterocycles. The second kappa shape index (κ2) is 9.15. The van der Waals surface area contributed by atoms with Gasteiger partial charge in [-0.3, -0.25) is 4.72 Å². The quantitative estimate of drug-likeness (QED) is 0.471. The lowest BCUT2D eigenvalue weighted by Gasteiger charge is -2.13. The molecule has 3 aromatic carbocycles. The average Bonchev–Trinajstić information content (AvgIpc) is 2.71. The summed E-state index contributed by atoms with van der Waals surface area (Å²) >= 11 is 5.34. The number of hydrogen-bond donors (Lipinski definition) is 3. The van der Waals surface area contributed by atoms with E-state index in [4.69, 9.17) is 17.0 Å². The zero-order valence-corrected chi connectivity index (χ0v) is 18.5. The Morgan fingerprint density at radius 3 is 1.97 bits per heavy atom. The zero-order valence-electron chi connectivity index (χ0n) is 16.9. The Hall–Kier alpha value is -3.10. The maximum Gasteiger partial charge on any atom is 0.261 e. The Balaban J connectivity index is 1.64. The minimum Gasteiger partial charge on any atom is -0.497 e. The lowest BCUT2D eigenvalue weighted by atomic mass is 10.1. The standard InChI is InChI=1S/C22H23N3O3S2/c1-15-4-5-19(14-16(15)2)24-22(29)23-17-8-12-21(13-9-17)30(26,27)25-18-6-10-20(28-3)11-7-18/h4-14,25H,1-3H3,(H2,23,24,29). The maximum absolute atomic E-state index is 12.6. The van der Waals surface area contributed by atoms with Crippen molar-refractivity contribution in [1.82, 2.24) is 0 Å². The fraction of sp³-hybridized carbons (Fsp3) is 0.136. The molecule has 0 saturated carbocycles. The molecule has 0 unspecified atom stereocenters. The molecule has 0 aliphatic carbocycles. The summed E-state index contributed by atoms with van der Waals surface area (Å²) < 4.78 is 32.8. The summed E-state index contributed by atoms with van der Waals surface area (Å²) in [4.78, 5) is 0.150. The number of hydrogen-bond acceptors (Lipinski definition) is 4. The van der Waals surface area contributed by atoms with Gasteiger partial charge in [-0.2, -0.15) is 0 Å². The van der Waals surface area contributed by atoms with Gasteiger partial charge in [0.05, 0.1) is 12.0 Å². The number of anilines is 3. The fourth-order valence-corrected chi connectivity index (χ4v) is 4.00. The van der Waals surface area contributed by atoms with Crippen LogP contribution in [0.25, 0.3) is 0 Å². The summed E-state index contributed by atoms with van der Waals surface area (Å²) in [5.74, 6) is 0.652. The van der Waals surface area contributed by atoms with Gasteiger partial charge in [0.15, 0.2) is 5.11 Å². The van der Waals surface area contributed by atoms with Gasteiger partial charge in [0, 0.05) is 17.1 Å². The van der Waals surface area contributed by atoms with Crippen LogP contribution < -0.4 is 20.1 Å². The number of nitrogens with one attached hydrogen (secondary N) is 3. The minimum atomic E-state index is -3.70. The van der Waals surface area contributed by atoms with E-state index in [0.29, 0.717) is 22.2 Å². The van der Waals surface area contributed by atoms with Crippen molar-refractivity contribution in [3.8, 4) is 5.75 Å². The van der Waals surface area contributed by atoms with Crippen LogP contribution in [0.3, 0.4) is 0 Å². The van der Waals surface area contributed by atoms with Crippen molar-refractivity contribution >= 4 is 44.4 Å². The van der Waals surface area contributed by atoms with Gasteiger partial charge in [-0.05, 0) is 97.9 Å². The minimum absolute atomic E-state index is 0.150. The van der Waals surface area contributed by atoms with Crippen molar-refractivity contribution in [1.29, 1.82) is 0 Å². The molecule has 6 nitrogen and oxygen atoms in total. The number of rotatable bonds is 6. The van der Waals surface area contributed by atoms with Gasteiger partial charge in [-0.25, -0.2) is 8.42 Å². The van der Waals surface area contributed by atoms with E-state index in [9.17, 15) is 8.42 Å². The Kier molecular flexibility index (Phi) is 6.59. The average molecular weight is 442 g/mol. The smallest absolute Gasteiger partial charge is 0.261 e. The first-order chi connectivity index (χ1) is 14.3. The third-order valence-electron chi connectivity index (χ3n) is 4.53. The van der Waals surface area contributed by atoms with Crippen LogP contribution in [0.2, 0.25) is 0 Å². The first-order valence-electron chi connectivity index (χ1n) is 9.19. The number of ether oxygens (including phenoxy) is 1. The first-order valence-corrected chi connectivity index (χ1v) is 11.1. The summed E-state index contributed by atoms with van der Waals surface area (Å²) in [5, 5.41) is 6.60. The van der Waals surface area contributed by atoms with Crippen LogP contribution in [0.4, 0.5) is 17.1 Å². The van der Waals surface area contributed by atoms with Gasteiger partial charge in [0.25, 0.3) is 10.0 Å². The van der Waals surface area contributed by atoms with Crippen molar-refractivity contribution in [2.24, 2.45) is 0 Å². The summed E-state index contributed by atoms with van der Waals surface area (Å²) in [6.07, 6.45) is 0. The van der Waals surface area contributed by atoms with E-state index < -0.39 is 10.0 Å². The molecule has 0 aromatic heterocycles. The van der Waals surface area contributed by atoms with Crippen LogP contribution in [-0.2, 0) is 10.0 Å². The molecule has 156 valence electrons. The van der Waals surface area contributed by atoms with Gasteiger partial charge in [-0.1, -0.05) is 6.07 Å². The predicted octanol–water partition coefficient (Wildman–Crippen LogP) is 4.92. The molecule has 0 aliphatic rings. The number of aryl methyl sites for hydroxylation is 2. The van der Waals surface area contributed by atoms with E-state index in [-0.39, 0.29) is 4.90 Å². The fourth-order valence-electron chi connectivity index (χ4n) is 2.70. The third kappa shape index (κ3) is 5.49. The summed E-state index contributed by atoms with van der Waals surface area (Å²) in [7, 11) is -2.15.